The number of hydrogen-bond donors (Lipinski definition) is 1. The molecule has 0 radical (unpaired) electrons. The Morgan fingerprint density at radius 1 is 1.19 bits per heavy atom. The predicted molar refractivity (Wildman–Crippen MR) is 96.8 cm³/mol. The molecule has 0 spiro atoms. The molecule has 2 heterocycles. The molecule has 0 saturated heterocycles. The molecule has 1 aromatic carbocycles. The molecule has 1 aliphatic heterocycles. The molecule has 3 rings (SSSR count). The number of carbonyl (C=O) groups is 3. The van der Waals surface area contributed by atoms with E-state index >= 15 is 0 Å². The van der Waals surface area contributed by atoms with Crippen molar-refractivity contribution in [2.75, 3.05) is 13.1 Å². The SMILES string of the molecule is C[C@H](OC(=O)CCNC(=O)c1ccco1)C(=O)N1CCc2ccccc2C1. The van der Waals surface area contributed by atoms with Crippen LogP contribution >= 0.6 is 0 Å². The average Bonchev–Trinajstić information content (AvgIpc) is 3.21. The lowest BCUT2D eigenvalue weighted by atomic mass is 9.99. The lowest BCUT2D eigenvalue weighted by molar-refractivity contribution is -0.159. The van der Waals surface area contributed by atoms with Crippen LogP contribution in [0.4, 0.5) is 0 Å². The van der Waals surface area contributed by atoms with E-state index in [-0.39, 0.29) is 24.6 Å². The molecule has 7 heteroatoms. The van der Waals surface area contributed by atoms with Crippen LogP contribution in [-0.2, 0) is 27.3 Å². The summed E-state index contributed by atoms with van der Waals surface area (Å²) in [5.74, 6) is -0.966. The maximum absolute atomic E-state index is 12.5. The molecule has 142 valence electrons. The first kappa shape index (κ1) is 18.7. The van der Waals surface area contributed by atoms with Crippen molar-refractivity contribution < 1.29 is 23.5 Å². The van der Waals surface area contributed by atoms with Gasteiger partial charge in [0.05, 0.1) is 12.7 Å². The van der Waals surface area contributed by atoms with Crippen LogP contribution in [0.2, 0.25) is 0 Å². The molecular weight excluding hydrogens is 348 g/mol. The summed E-state index contributed by atoms with van der Waals surface area (Å²) in [6.45, 7) is 2.81. The summed E-state index contributed by atoms with van der Waals surface area (Å²) in [6.07, 6.45) is 1.31. The third-order valence-electron chi connectivity index (χ3n) is 4.46. The molecule has 0 bridgehead atoms. The van der Waals surface area contributed by atoms with Crippen molar-refractivity contribution in [1.82, 2.24) is 10.2 Å². The molecule has 2 amide bonds. The fraction of sp³-hybridized carbons (Fsp3) is 0.350. The Labute approximate surface area is 157 Å². The van der Waals surface area contributed by atoms with E-state index in [0.29, 0.717) is 13.1 Å². The van der Waals surface area contributed by atoms with E-state index in [1.165, 1.54) is 17.9 Å². The van der Waals surface area contributed by atoms with Crippen LogP contribution in [0.3, 0.4) is 0 Å². The van der Waals surface area contributed by atoms with Crippen LogP contribution in [-0.4, -0.2) is 41.9 Å². The summed E-state index contributed by atoms with van der Waals surface area (Å²) in [7, 11) is 0. The molecule has 1 N–H and O–H groups in total. The van der Waals surface area contributed by atoms with E-state index in [1.54, 1.807) is 17.9 Å². The fourth-order valence-corrected chi connectivity index (χ4v) is 3.02. The monoisotopic (exact) mass is 370 g/mol. The zero-order chi connectivity index (χ0) is 19.2. The van der Waals surface area contributed by atoms with Gasteiger partial charge in [-0.1, -0.05) is 24.3 Å². The van der Waals surface area contributed by atoms with Gasteiger partial charge in [0.1, 0.15) is 0 Å². The minimum atomic E-state index is -0.858. The Bertz CT molecular complexity index is 816. The van der Waals surface area contributed by atoms with Crippen molar-refractivity contribution in [2.45, 2.75) is 32.4 Å². The lowest BCUT2D eigenvalue weighted by Gasteiger charge is -2.30. The molecule has 0 saturated carbocycles. The first-order valence-corrected chi connectivity index (χ1v) is 8.91. The quantitative estimate of drug-likeness (QED) is 0.785. The highest BCUT2D eigenvalue weighted by Crippen LogP contribution is 2.19. The summed E-state index contributed by atoms with van der Waals surface area (Å²) < 4.78 is 10.2. The number of esters is 1. The van der Waals surface area contributed by atoms with Gasteiger partial charge in [0, 0.05) is 19.6 Å². The molecule has 27 heavy (non-hydrogen) atoms. The van der Waals surface area contributed by atoms with Gasteiger partial charge in [-0.25, -0.2) is 0 Å². The van der Waals surface area contributed by atoms with Crippen molar-refractivity contribution in [3.8, 4) is 0 Å². The number of nitrogens with zero attached hydrogens (tertiary/aromatic N) is 1. The van der Waals surface area contributed by atoms with Gasteiger partial charge in [-0.3, -0.25) is 14.4 Å². The summed E-state index contributed by atoms with van der Waals surface area (Å²) in [5, 5.41) is 2.56. The van der Waals surface area contributed by atoms with Crippen LogP contribution in [0.25, 0.3) is 0 Å². The first-order valence-electron chi connectivity index (χ1n) is 8.91. The van der Waals surface area contributed by atoms with Gasteiger partial charge < -0.3 is 19.4 Å². The highest BCUT2D eigenvalue weighted by molar-refractivity contribution is 5.91. The zero-order valence-electron chi connectivity index (χ0n) is 15.1. The normalized spacial score (nSPS) is 14.2. The number of nitrogens with one attached hydrogen (secondary N) is 1. The van der Waals surface area contributed by atoms with E-state index in [1.807, 2.05) is 18.2 Å². The largest absolute Gasteiger partial charge is 0.459 e. The van der Waals surface area contributed by atoms with Crippen molar-refractivity contribution in [3.05, 3.63) is 59.5 Å². The van der Waals surface area contributed by atoms with Gasteiger partial charge in [0.15, 0.2) is 11.9 Å². The molecule has 0 fully saturated rings. The van der Waals surface area contributed by atoms with E-state index in [4.69, 9.17) is 9.15 Å². The Balaban J connectivity index is 1.43. The number of ether oxygens (including phenoxy) is 1. The van der Waals surface area contributed by atoms with Gasteiger partial charge in [0.25, 0.3) is 11.8 Å². The fourth-order valence-electron chi connectivity index (χ4n) is 3.02. The van der Waals surface area contributed by atoms with Gasteiger partial charge in [-0.2, -0.15) is 0 Å². The second-order valence-electron chi connectivity index (χ2n) is 6.39. The summed E-state index contributed by atoms with van der Waals surface area (Å²) in [6, 6.07) is 11.2. The Kier molecular flexibility index (Phi) is 5.90. The van der Waals surface area contributed by atoms with Gasteiger partial charge in [-0.15, -0.1) is 0 Å². The number of rotatable bonds is 6. The van der Waals surface area contributed by atoms with Gasteiger partial charge in [0.2, 0.25) is 0 Å². The van der Waals surface area contributed by atoms with Gasteiger partial charge >= 0.3 is 5.97 Å². The topological polar surface area (TPSA) is 88.8 Å². The number of benzene rings is 1. The van der Waals surface area contributed by atoms with Gasteiger partial charge in [-0.05, 0) is 36.6 Å². The smallest absolute Gasteiger partial charge is 0.308 e. The molecular formula is C20H22N2O5. The van der Waals surface area contributed by atoms with Crippen molar-refractivity contribution in [2.24, 2.45) is 0 Å². The summed E-state index contributed by atoms with van der Waals surface area (Å²) in [4.78, 5) is 37.9. The molecule has 1 aliphatic rings. The number of carbonyl (C=O) groups excluding carboxylic acids is 3. The lowest BCUT2D eigenvalue weighted by Crippen LogP contribution is -2.42. The van der Waals surface area contributed by atoms with E-state index in [9.17, 15) is 14.4 Å². The minimum Gasteiger partial charge on any atom is -0.459 e. The number of hydrogen-bond acceptors (Lipinski definition) is 5. The summed E-state index contributed by atoms with van der Waals surface area (Å²) >= 11 is 0. The van der Waals surface area contributed by atoms with Crippen LogP contribution in [0.5, 0.6) is 0 Å². The van der Waals surface area contributed by atoms with E-state index in [2.05, 4.69) is 11.4 Å². The molecule has 1 atom stereocenters. The second kappa shape index (κ2) is 8.53. The molecule has 7 nitrogen and oxygen atoms in total. The number of amides is 2. The molecule has 1 aromatic heterocycles. The van der Waals surface area contributed by atoms with Crippen LogP contribution in [0, 0.1) is 0 Å². The molecule has 2 aromatic rings. The Hall–Kier alpha value is -3.09. The second-order valence-corrected chi connectivity index (χ2v) is 6.39. The third-order valence-corrected chi connectivity index (χ3v) is 4.46. The highest BCUT2D eigenvalue weighted by atomic mass is 16.5. The molecule has 0 aliphatic carbocycles. The van der Waals surface area contributed by atoms with Crippen molar-refractivity contribution >= 4 is 17.8 Å². The molecule has 0 unspecified atom stereocenters. The van der Waals surface area contributed by atoms with E-state index in [0.717, 1.165) is 12.0 Å². The van der Waals surface area contributed by atoms with Crippen molar-refractivity contribution in [1.29, 1.82) is 0 Å². The Morgan fingerprint density at radius 2 is 1.96 bits per heavy atom. The predicted octanol–water partition coefficient (Wildman–Crippen LogP) is 1.92. The number of furan rings is 1. The number of fused-ring (bicyclic) bond motifs is 1. The van der Waals surface area contributed by atoms with Crippen molar-refractivity contribution in [3.63, 3.8) is 0 Å². The minimum absolute atomic E-state index is 0.0209. The maximum atomic E-state index is 12.5. The van der Waals surface area contributed by atoms with Crippen LogP contribution in [0.15, 0.2) is 47.1 Å². The standard InChI is InChI=1S/C20H22N2O5/c1-14(20(25)22-11-9-15-5-2-3-6-16(15)13-22)27-18(23)8-10-21-19(24)17-7-4-12-26-17/h2-7,12,14H,8-11,13H2,1H3,(H,21,24)/t14-/m0/s1. The average molecular weight is 370 g/mol. The third kappa shape index (κ3) is 4.75. The maximum Gasteiger partial charge on any atom is 0.308 e. The highest BCUT2D eigenvalue weighted by Gasteiger charge is 2.26. The van der Waals surface area contributed by atoms with Crippen LogP contribution < -0.4 is 5.32 Å². The van der Waals surface area contributed by atoms with E-state index < -0.39 is 18.0 Å². The Morgan fingerprint density at radius 3 is 2.70 bits per heavy atom. The summed E-state index contributed by atoms with van der Waals surface area (Å²) in [5.41, 5.74) is 2.37. The van der Waals surface area contributed by atoms with Crippen LogP contribution in [0.1, 0.15) is 35.0 Å². The zero-order valence-corrected chi connectivity index (χ0v) is 15.1. The first-order chi connectivity index (χ1) is 13.0.